The molecule has 0 unspecified atom stereocenters. The predicted molar refractivity (Wildman–Crippen MR) is 74.1 cm³/mol. The average molecular weight is 281 g/mol. The summed E-state index contributed by atoms with van der Waals surface area (Å²) in [5.41, 5.74) is 0.518. The third kappa shape index (κ3) is 5.82. The Labute approximate surface area is 118 Å². The monoisotopic (exact) mass is 281 g/mol. The number of ether oxygens (including phenoxy) is 1. The number of alkyl carbamates (subject to hydrolysis) is 1. The molecule has 1 N–H and O–H groups in total. The van der Waals surface area contributed by atoms with Gasteiger partial charge in [-0.25, -0.2) is 9.18 Å². The van der Waals surface area contributed by atoms with Crippen molar-refractivity contribution in [3.8, 4) is 0 Å². The number of carbonyl (C=O) groups is 2. The maximum Gasteiger partial charge on any atom is 0.408 e. The molecule has 0 fully saturated rings. The molecule has 1 rings (SSSR count). The summed E-state index contributed by atoms with van der Waals surface area (Å²) in [6.45, 7) is 6.74. The number of benzene rings is 1. The van der Waals surface area contributed by atoms with E-state index in [1.54, 1.807) is 39.8 Å². The first-order valence-electron chi connectivity index (χ1n) is 6.41. The van der Waals surface area contributed by atoms with Crippen LogP contribution in [-0.4, -0.2) is 24.0 Å². The van der Waals surface area contributed by atoms with Gasteiger partial charge in [0.25, 0.3) is 0 Å². The van der Waals surface area contributed by atoms with E-state index >= 15 is 0 Å². The number of halogens is 1. The smallest absolute Gasteiger partial charge is 0.408 e. The van der Waals surface area contributed by atoms with Gasteiger partial charge in [-0.1, -0.05) is 12.1 Å². The number of ketones is 1. The van der Waals surface area contributed by atoms with Crippen LogP contribution in [-0.2, 0) is 16.0 Å². The number of rotatable bonds is 4. The highest BCUT2D eigenvalue weighted by Gasteiger charge is 2.16. The molecule has 110 valence electrons. The minimum atomic E-state index is -0.638. The minimum absolute atomic E-state index is 0.0764. The van der Waals surface area contributed by atoms with Crippen LogP contribution < -0.4 is 5.32 Å². The van der Waals surface area contributed by atoms with E-state index in [1.165, 1.54) is 6.07 Å². The molecule has 1 aromatic carbocycles. The molecule has 0 heterocycles. The lowest BCUT2D eigenvalue weighted by molar-refractivity contribution is -0.117. The molecule has 0 aliphatic heterocycles. The van der Waals surface area contributed by atoms with Crippen molar-refractivity contribution < 1.29 is 18.7 Å². The van der Waals surface area contributed by atoms with Gasteiger partial charge in [0.15, 0.2) is 5.78 Å². The Morgan fingerprint density at radius 2 is 1.95 bits per heavy atom. The quantitative estimate of drug-likeness (QED) is 0.923. The second kappa shape index (κ2) is 6.50. The van der Waals surface area contributed by atoms with Gasteiger partial charge in [0, 0.05) is 6.42 Å². The standard InChI is InChI=1S/C15H20FNO3/c1-10-5-6-11(8-13(10)16)7-12(18)9-17-14(19)20-15(2,3)4/h5-6,8H,7,9H2,1-4H3,(H,17,19). The molecule has 0 bridgehead atoms. The van der Waals surface area contributed by atoms with Crippen molar-refractivity contribution in [3.05, 3.63) is 35.1 Å². The summed E-state index contributed by atoms with van der Waals surface area (Å²) in [7, 11) is 0. The highest BCUT2D eigenvalue weighted by atomic mass is 19.1. The van der Waals surface area contributed by atoms with Gasteiger partial charge in [-0.2, -0.15) is 0 Å². The van der Waals surface area contributed by atoms with Crippen LogP contribution in [0, 0.1) is 12.7 Å². The SMILES string of the molecule is Cc1ccc(CC(=O)CNC(=O)OC(C)(C)C)cc1F. The fraction of sp³-hybridized carbons (Fsp3) is 0.467. The first kappa shape index (κ1) is 16.1. The van der Waals surface area contributed by atoms with E-state index < -0.39 is 11.7 Å². The summed E-state index contributed by atoms with van der Waals surface area (Å²) in [4.78, 5) is 23.1. The van der Waals surface area contributed by atoms with Gasteiger partial charge in [0.05, 0.1) is 6.54 Å². The maximum atomic E-state index is 13.3. The first-order chi connectivity index (χ1) is 9.17. The molecular weight excluding hydrogens is 261 g/mol. The van der Waals surface area contributed by atoms with Crippen LogP contribution >= 0.6 is 0 Å². The molecule has 0 radical (unpaired) electrons. The predicted octanol–water partition coefficient (Wildman–Crippen LogP) is 2.77. The number of Topliss-reactive ketones (excluding diaryl/α,β-unsaturated/α-hetero) is 1. The highest BCUT2D eigenvalue weighted by molar-refractivity contribution is 5.85. The van der Waals surface area contributed by atoms with Gasteiger partial charge < -0.3 is 10.1 Å². The number of carbonyl (C=O) groups excluding carboxylic acids is 2. The molecule has 1 amide bonds. The highest BCUT2D eigenvalue weighted by Crippen LogP contribution is 2.10. The summed E-state index contributed by atoms with van der Waals surface area (Å²) in [5.74, 6) is -0.547. The number of nitrogens with one attached hydrogen (secondary N) is 1. The second-order valence-electron chi connectivity index (χ2n) is 5.65. The van der Waals surface area contributed by atoms with Crippen LogP contribution in [0.4, 0.5) is 9.18 Å². The van der Waals surface area contributed by atoms with Gasteiger partial charge in [-0.3, -0.25) is 4.79 Å². The molecular formula is C15H20FNO3. The Morgan fingerprint density at radius 3 is 2.50 bits per heavy atom. The van der Waals surface area contributed by atoms with E-state index in [-0.39, 0.29) is 24.6 Å². The van der Waals surface area contributed by atoms with Crippen molar-refractivity contribution >= 4 is 11.9 Å². The molecule has 0 spiro atoms. The largest absolute Gasteiger partial charge is 0.444 e. The van der Waals surface area contributed by atoms with Gasteiger partial charge >= 0.3 is 6.09 Å². The van der Waals surface area contributed by atoms with Gasteiger partial charge in [0.2, 0.25) is 0 Å². The van der Waals surface area contributed by atoms with E-state index in [9.17, 15) is 14.0 Å². The van der Waals surface area contributed by atoms with Crippen molar-refractivity contribution in [2.75, 3.05) is 6.54 Å². The Kier molecular flexibility index (Phi) is 5.25. The third-order valence-corrected chi connectivity index (χ3v) is 2.47. The fourth-order valence-electron chi connectivity index (χ4n) is 1.52. The zero-order valence-electron chi connectivity index (χ0n) is 12.2. The van der Waals surface area contributed by atoms with E-state index in [1.807, 2.05) is 0 Å². The van der Waals surface area contributed by atoms with E-state index in [0.717, 1.165) is 0 Å². The minimum Gasteiger partial charge on any atom is -0.444 e. The number of amides is 1. The summed E-state index contributed by atoms with van der Waals surface area (Å²) >= 11 is 0. The summed E-state index contributed by atoms with van der Waals surface area (Å²) in [6, 6.07) is 4.66. The molecule has 0 saturated heterocycles. The molecule has 1 aromatic rings. The number of hydrogen-bond donors (Lipinski definition) is 1. The Morgan fingerprint density at radius 1 is 1.30 bits per heavy atom. The Bertz CT molecular complexity index is 506. The number of aryl methyl sites for hydroxylation is 1. The lowest BCUT2D eigenvalue weighted by atomic mass is 10.1. The normalized spacial score (nSPS) is 11.1. The molecule has 20 heavy (non-hydrogen) atoms. The molecule has 4 nitrogen and oxygen atoms in total. The van der Waals surface area contributed by atoms with Crippen LogP contribution in [0.1, 0.15) is 31.9 Å². The molecule has 0 aliphatic rings. The van der Waals surface area contributed by atoms with Crippen LogP contribution in [0.25, 0.3) is 0 Å². The van der Waals surface area contributed by atoms with Gasteiger partial charge in [-0.15, -0.1) is 0 Å². The van der Waals surface area contributed by atoms with Gasteiger partial charge in [0.1, 0.15) is 11.4 Å². The molecule has 5 heteroatoms. The number of hydrogen-bond acceptors (Lipinski definition) is 3. The lowest BCUT2D eigenvalue weighted by Crippen LogP contribution is -2.35. The maximum absolute atomic E-state index is 13.3. The summed E-state index contributed by atoms with van der Waals surface area (Å²) in [5, 5.41) is 2.38. The van der Waals surface area contributed by atoms with Gasteiger partial charge in [-0.05, 0) is 44.9 Å². The van der Waals surface area contributed by atoms with Crippen LogP contribution in [0.5, 0.6) is 0 Å². The Balaban J connectivity index is 2.44. The van der Waals surface area contributed by atoms with E-state index in [4.69, 9.17) is 4.74 Å². The van der Waals surface area contributed by atoms with Crippen molar-refractivity contribution in [2.45, 2.75) is 39.7 Å². The van der Waals surface area contributed by atoms with E-state index in [0.29, 0.717) is 11.1 Å². The lowest BCUT2D eigenvalue weighted by Gasteiger charge is -2.19. The third-order valence-electron chi connectivity index (χ3n) is 2.47. The Hall–Kier alpha value is -1.91. The molecule has 0 aromatic heterocycles. The zero-order valence-corrected chi connectivity index (χ0v) is 12.2. The summed E-state index contributed by atoms with van der Waals surface area (Å²) in [6.07, 6.45) is -0.562. The van der Waals surface area contributed by atoms with Crippen LogP contribution in [0.15, 0.2) is 18.2 Å². The van der Waals surface area contributed by atoms with Crippen molar-refractivity contribution in [2.24, 2.45) is 0 Å². The molecule has 0 atom stereocenters. The van der Waals surface area contributed by atoms with Crippen molar-refractivity contribution in [1.82, 2.24) is 5.32 Å². The van der Waals surface area contributed by atoms with Crippen molar-refractivity contribution in [3.63, 3.8) is 0 Å². The zero-order chi connectivity index (χ0) is 15.3. The van der Waals surface area contributed by atoms with Crippen LogP contribution in [0.2, 0.25) is 0 Å². The van der Waals surface area contributed by atoms with E-state index in [2.05, 4.69) is 5.32 Å². The first-order valence-corrected chi connectivity index (χ1v) is 6.41. The van der Waals surface area contributed by atoms with Crippen molar-refractivity contribution in [1.29, 1.82) is 0 Å². The topological polar surface area (TPSA) is 55.4 Å². The second-order valence-corrected chi connectivity index (χ2v) is 5.65. The molecule has 0 aliphatic carbocycles. The average Bonchev–Trinajstić information content (AvgIpc) is 2.29. The fourth-order valence-corrected chi connectivity index (χ4v) is 1.52. The summed E-state index contributed by atoms with van der Waals surface area (Å²) < 4.78 is 18.3. The molecule has 0 saturated carbocycles. The van der Waals surface area contributed by atoms with Crippen LogP contribution in [0.3, 0.4) is 0 Å².